The quantitative estimate of drug-likeness (QED) is 0.494. The first-order valence-corrected chi connectivity index (χ1v) is 10.9. The van der Waals surface area contributed by atoms with Crippen molar-refractivity contribution in [2.75, 3.05) is 59.0 Å². The average Bonchev–Trinajstić information content (AvgIpc) is 2.86. The van der Waals surface area contributed by atoms with Crippen LogP contribution >= 0.6 is 0 Å². The van der Waals surface area contributed by atoms with Crippen LogP contribution in [0, 0.1) is 0 Å². The van der Waals surface area contributed by atoms with E-state index in [2.05, 4.69) is 34.1 Å². The van der Waals surface area contributed by atoms with E-state index in [4.69, 9.17) is 14.2 Å². The van der Waals surface area contributed by atoms with Crippen LogP contribution in [0.25, 0.3) is 10.8 Å². The van der Waals surface area contributed by atoms with Crippen molar-refractivity contribution in [1.82, 2.24) is 4.90 Å². The molecule has 1 saturated heterocycles. The highest BCUT2D eigenvalue weighted by molar-refractivity contribution is 6.02. The van der Waals surface area contributed by atoms with Crippen LogP contribution in [0.4, 0.5) is 5.69 Å². The number of fused-ring (bicyclic) bond motifs is 1. The summed E-state index contributed by atoms with van der Waals surface area (Å²) in [5.41, 5.74) is 1.97. The molecular weight excluding hydrogens is 404 g/mol. The second-order valence-electron chi connectivity index (χ2n) is 7.92. The number of piperazine rings is 1. The van der Waals surface area contributed by atoms with Crippen molar-refractivity contribution in [3.05, 3.63) is 60.2 Å². The van der Waals surface area contributed by atoms with Crippen molar-refractivity contribution >= 4 is 22.2 Å². The van der Waals surface area contributed by atoms with Gasteiger partial charge in [-0.05, 0) is 35.7 Å². The second-order valence-corrected chi connectivity index (χ2v) is 7.92. The highest BCUT2D eigenvalue weighted by Crippen LogP contribution is 2.43. The molecule has 6 nitrogen and oxygen atoms in total. The Kier molecular flexibility index (Phi) is 6.81. The number of benzene rings is 3. The van der Waals surface area contributed by atoms with E-state index in [0.29, 0.717) is 29.2 Å². The molecule has 4 rings (SSSR count). The van der Waals surface area contributed by atoms with Gasteiger partial charge in [0.15, 0.2) is 17.3 Å². The molecule has 1 heterocycles. The van der Waals surface area contributed by atoms with Crippen LogP contribution in [0.5, 0.6) is 17.2 Å². The Balaban J connectivity index is 1.41. The van der Waals surface area contributed by atoms with Crippen LogP contribution in [0.3, 0.4) is 0 Å². The summed E-state index contributed by atoms with van der Waals surface area (Å²) in [7, 11) is 4.78. The van der Waals surface area contributed by atoms with E-state index < -0.39 is 0 Å². The fourth-order valence-electron chi connectivity index (χ4n) is 4.32. The van der Waals surface area contributed by atoms with Crippen molar-refractivity contribution in [3.63, 3.8) is 0 Å². The third-order valence-corrected chi connectivity index (χ3v) is 6.11. The van der Waals surface area contributed by atoms with Crippen LogP contribution in [-0.4, -0.2) is 64.7 Å². The number of para-hydroxylation sites is 1. The Hall–Kier alpha value is -3.25. The highest BCUT2D eigenvalue weighted by Gasteiger charge is 2.20. The molecule has 0 N–H and O–H groups in total. The molecule has 1 fully saturated rings. The minimum absolute atomic E-state index is 0.145. The predicted molar refractivity (Wildman–Crippen MR) is 128 cm³/mol. The van der Waals surface area contributed by atoms with Crippen LogP contribution in [0.2, 0.25) is 0 Å². The third-order valence-electron chi connectivity index (χ3n) is 6.11. The number of carbonyl (C=O) groups excluding carboxylic acids is 1. The number of rotatable bonds is 8. The summed E-state index contributed by atoms with van der Waals surface area (Å²) in [4.78, 5) is 17.7. The Labute approximate surface area is 189 Å². The summed E-state index contributed by atoms with van der Waals surface area (Å²) in [6.07, 6.45) is 0.501. The maximum atomic E-state index is 12.9. The molecule has 0 aliphatic carbocycles. The van der Waals surface area contributed by atoms with E-state index in [1.807, 2.05) is 30.3 Å². The maximum Gasteiger partial charge on any atom is 0.203 e. The molecule has 0 bridgehead atoms. The van der Waals surface area contributed by atoms with Gasteiger partial charge in [-0.1, -0.05) is 24.3 Å². The highest BCUT2D eigenvalue weighted by atomic mass is 16.5. The van der Waals surface area contributed by atoms with Gasteiger partial charge in [-0.15, -0.1) is 0 Å². The number of Topliss-reactive ketones (excluding diaryl/α,β-unsaturated/α-hetero) is 1. The summed E-state index contributed by atoms with van der Waals surface area (Å²) in [6.45, 7) is 4.67. The van der Waals surface area contributed by atoms with E-state index in [1.165, 1.54) is 5.69 Å². The predicted octanol–water partition coefficient (Wildman–Crippen LogP) is 4.26. The molecule has 0 spiro atoms. The monoisotopic (exact) mass is 434 g/mol. The van der Waals surface area contributed by atoms with E-state index in [1.54, 1.807) is 21.3 Å². The molecule has 6 heteroatoms. The molecule has 0 radical (unpaired) electrons. The first kappa shape index (κ1) is 22.0. The molecule has 0 atom stereocenters. The van der Waals surface area contributed by atoms with Crippen molar-refractivity contribution in [1.29, 1.82) is 0 Å². The number of ketones is 1. The lowest BCUT2D eigenvalue weighted by Gasteiger charge is -2.36. The summed E-state index contributed by atoms with van der Waals surface area (Å²) in [5.74, 6) is 1.89. The SMILES string of the molecule is COc1cc2cc(C(=O)CCN3CCN(c4ccccc4)CC3)ccc2c(OC)c1OC. The van der Waals surface area contributed by atoms with Crippen LogP contribution in [0.1, 0.15) is 16.8 Å². The van der Waals surface area contributed by atoms with Crippen molar-refractivity contribution < 1.29 is 19.0 Å². The summed E-state index contributed by atoms with van der Waals surface area (Å²) in [5, 5.41) is 1.78. The molecule has 0 saturated carbocycles. The minimum atomic E-state index is 0.145. The number of methoxy groups -OCH3 is 3. The number of anilines is 1. The zero-order chi connectivity index (χ0) is 22.5. The lowest BCUT2D eigenvalue weighted by Crippen LogP contribution is -2.46. The molecule has 3 aromatic rings. The molecule has 3 aromatic carbocycles. The van der Waals surface area contributed by atoms with Gasteiger partial charge >= 0.3 is 0 Å². The van der Waals surface area contributed by atoms with Gasteiger partial charge in [-0.25, -0.2) is 0 Å². The largest absolute Gasteiger partial charge is 0.493 e. The fourth-order valence-corrected chi connectivity index (χ4v) is 4.32. The van der Waals surface area contributed by atoms with Gasteiger partial charge in [0.1, 0.15) is 0 Å². The van der Waals surface area contributed by atoms with Gasteiger partial charge in [0.05, 0.1) is 21.3 Å². The summed E-state index contributed by atoms with van der Waals surface area (Å²) >= 11 is 0. The summed E-state index contributed by atoms with van der Waals surface area (Å²) in [6, 6.07) is 18.1. The number of hydrogen-bond donors (Lipinski definition) is 0. The number of carbonyl (C=O) groups is 1. The molecule has 0 amide bonds. The zero-order valence-electron chi connectivity index (χ0n) is 19.0. The Morgan fingerprint density at radius 2 is 1.56 bits per heavy atom. The normalized spacial score (nSPS) is 14.4. The topological polar surface area (TPSA) is 51.2 Å². The second kappa shape index (κ2) is 9.92. The Bertz CT molecular complexity index is 1080. The number of ether oxygens (including phenoxy) is 3. The fraction of sp³-hybridized carbons (Fsp3) is 0.346. The van der Waals surface area contributed by atoms with E-state index in [-0.39, 0.29) is 5.78 Å². The van der Waals surface area contributed by atoms with E-state index in [9.17, 15) is 4.79 Å². The molecular formula is C26H30N2O4. The smallest absolute Gasteiger partial charge is 0.203 e. The zero-order valence-corrected chi connectivity index (χ0v) is 19.0. The van der Waals surface area contributed by atoms with Gasteiger partial charge in [-0.2, -0.15) is 0 Å². The van der Waals surface area contributed by atoms with Crippen LogP contribution in [-0.2, 0) is 0 Å². The van der Waals surface area contributed by atoms with Crippen molar-refractivity contribution in [2.45, 2.75) is 6.42 Å². The van der Waals surface area contributed by atoms with Gasteiger partial charge < -0.3 is 19.1 Å². The van der Waals surface area contributed by atoms with Gasteiger partial charge in [0.2, 0.25) is 5.75 Å². The number of hydrogen-bond acceptors (Lipinski definition) is 6. The van der Waals surface area contributed by atoms with Gasteiger partial charge in [0.25, 0.3) is 0 Å². The lowest BCUT2D eigenvalue weighted by molar-refractivity contribution is 0.0962. The molecule has 1 aliphatic heterocycles. The average molecular weight is 435 g/mol. The van der Waals surface area contributed by atoms with Crippen molar-refractivity contribution in [3.8, 4) is 17.2 Å². The van der Waals surface area contributed by atoms with E-state index >= 15 is 0 Å². The molecule has 32 heavy (non-hydrogen) atoms. The Morgan fingerprint density at radius 1 is 0.844 bits per heavy atom. The first-order valence-electron chi connectivity index (χ1n) is 10.9. The van der Waals surface area contributed by atoms with Gasteiger partial charge in [0, 0.05) is 55.8 Å². The molecule has 1 aliphatic rings. The molecule has 0 unspecified atom stereocenters. The standard InChI is InChI=1S/C26H30N2O4/c1-30-24-18-20-17-19(9-10-22(20)25(31-2)26(24)32-3)23(29)11-12-27-13-15-28(16-14-27)21-7-5-4-6-8-21/h4-10,17-18H,11-16H2,1-3H3. The van der Waals surface area contributed by atoms with Crippen molar-refractivity contribution in [2.24, 2.45) is 0 Å². The van der Waals surface area contributed by atoms with Gasteiger partial charge in [-0.3, -0.25) is 9.69 Å². The molecule has 168 valence electrons. The number of nitrogens with zero attached hydrogens (tertiary/aromatic N) is 2. The third kappa shape index (κ3) is 4.50. The van der Waals surface area contributed by atoms with Crippen LogP contribution in [0.15, 0.2) is 54.6 Å². The van der Waals surface area contributed by atoms with Crippen LogP contribution < -0.4 is 19.1 Å². The first-order chi connectivity index (χ1) is 15.6. The Morgan fingerprint density at radius 3 is 2.22 bits per heavy atom. The summed E-state index contributed by atoms with van der Waals surface area (Å²) < 4.78 is 16.5. The molecule has 0 aromatic heterocycles. The maximum absolute atomic E-state index is 12.9. The minimum Gasteiger partial charge on any atom is -0.493 e. The van der Waals surface area contributed by atoms with E-state index in [0.717, 1.165) is 43.5 Å². The lowest BCUT2D eigenvalue weighted by atomic mass is 10.0.